The molecule has 0 aliphatic rings. The summed E-state index contributed by atoms with van der Waals surface area (Å²) in [6.45, 7) is 3.23. The first-order chi connectivity index (χ1) is 13.4. The number of hydrogen-bond donors (Lipinski definition) is 8. The zero-order valence-corrected chi connectivity index (χ0v) is 17.8. The molecule has 0 aromatic heterocycles. The van der Waals surface area contributed by atoms with Crippen molar-refractivity contribution in [2.24, 2.45) is 22.2 Å². The monoisotopic (exact) mass is 439 g/mol. The summed E-state index contributed by atoms with van der Waals surface area (Å²) in [5.74, 6) is -1.24. The summed E-state index contributed by atoms with van der Waals surface area (Å²) in [6.07, 6.45) is 1.60. The molecule has 12 heteroatoms. The topological polar surface area (TPSA) is 201 Å². The number of hydrogen-bond acceptors (Lipinski definition) is 7. The minimum atomic E-state index is -1.63. The van der Waals surface area contributed by atoms with Crippen molar-refractivity contribution in [2.75, 3.05) is 32.7 Å². The molecule has 0 aromatic carbocycles. The van der Waals surface area contributed by atoms with E-state index in [1.807, 2.05) is 0 Å². The van der Waals surface area contributed by atoms with E-state index in [-0.39, 0.29) is 24.8 Å². The predicted molar refractivity (Wildman–Crippen MR) is 115 cm³/mol. The van der Waals surface area contributed by atoms with Gasteiger partial charge in [-0.3, -0.25) is 14.6 Å². The fourth-order valence-corrected chi connectivity index (χ4v) is 2.33. The lowest BCUT2D eigenvalue weighted by Gasteiger charge is -2.15. The number of guanidine groups is 1. The van der Waals surface area contributed by atoms with Crippen molar-refractivity contribution < 1.29 is 19.8 Å². The summed E-state index contributed by atoms with van der Waals surface area (Å²) in [5.41, 5.74) is 15.8. The molecule has 0 bridgehead atoms. The molecule has 0 unspecified atom stereocenters. The summed E-state index contributed by atoms with van der Waals surface area (Å²) >= 11 is 0. The fourth-order valence-electron chi connectivity index (χ4n) is 2.33. The van der Waals surface area contributed by atoms with Gasteiger partial charge in [-0.2, -0.15) is 0 Å². The molecule has 0 aliphatic carbocycles. The second kappa shape index (κ2) is 19.6. The van der Waals surface area contributed by atoms with Gasteiger partial charge in [-0.05, 0) is 58.2 Å². The lowest BCUT2D eigenvalue weighted by Crippen LogP contribution is -2.47. The second-order valence-electron chi connectivity index (χ2n) is 6.52. The highest BCUT2D eigenvalue weighted by Gasteiger charge is 2.18. The molecule has 0 spiro atoms. The molecule has 172 valence electrons. The van der Waals surface area contributed by atoms with Crippen LogP contribution in [0, 0.1) is 0 Å². The first-order valence-electron chi connectivity index (χ1n) is 9.76. The van der Waals surface area contributed by atoms with E-state index in [2.05, 4.69) is 20.9 Å². The zero-order valence-electron chi connectivity index (χ0n) is 16.9. The van der Waals surface area contributed by atoms with E-state index >= 15 is 0 Å². The normalized spacial score (nSPS) is 12.4. The number of nitrogens with one attached hydrogen (secondary N) is 3. The van der Waals surface area contributed by atoms with Crippen molar-refractivity contribution in [1.82, 2.24) is 16.0 Å². The molecule has 29 heavy (non-hydrogen) atoms. The molecule has 0 rings (SSSR count). The number of unbranched alkanes of at least 4 members (excludes halogenated alkanes) is 2. The third-order valence-electron chi connectivity index (χ3n) is 3.84. The van der Waals surface area contributed by atoms with Gasteiger partial charge in [-0.25, -0.2) is 0 Å². The van der Waals surface area contributed by atoms with Crippen LogP contribution in [0.25, 0.3) is 0 Å². The summed E-state index contributed by atoms with van der Waals surface area (Å²) in [7, 11) is 0. The lowest BCUT2D eigenvalue weighted by atomic mass is 10.1. The van der Waals surface area contributed by atoms with Crippen LogP contribution in [0.4, 0.5) is 0 Å². The highest BCUT2D eigenvalue weighted by molar-refractivity contribution is 5.86. The van der Waals surface area contributed by atoms with Gasteiger partial charge in [0.25, 0.3) is 5.91 Å². The molecule has 0 saturated carbocycles. The van der Waals surface area contributed by atoms with E-state index in [0.29, 0.717) is 38.9 Å². The summed E-state index contributed by atoms with van der Waals surface area (Å²) in [5, 5.41) is 27.5. The smallest absolute Gasteiger partial charge is 0.269 e. The Labute approximate surface area is 178 Å². The van der Waals surface area contributed by atoms with Crippen molar-refractivity contribution in [2.45, 2.75) is 57.3 Å². The third kappa shape index (κ3) is 19.4. The molecule has 2 amide bonds. The Balaban J connectivity index is 0. The number of halogens is 1. The Bertz CT molecular complexity index is 465. The Kier molecular flexibility index (Phi) is 20.0. The number of rotatable bonds is 17. The van der Waals surface area contributed by atoms with Crippen LogP contribution in [-0.2, 0) is 9.59 Å². The fraction of sp³-hybridized carbons (Fsp3) is 0.824. The Morgan fingerprint density at radius 3 is 2.28 bits per heavy atom. The number of nitrogens with zero attached hydrogens (tertiary/aromatic N) is 1. The van der Waals surface area contributed by atoms with Crippen molar-refractivity contribution in [1.29, 1.82) is 0 Å². The lowest BCUT2D eigenvalue weighted by molar-refractivity contribution is -0.137. The van der Waals surface area contributed by atoms with Gasteiger partial charge in [0.15, 0.2) is 5.96 Å². The number of amides is 2. The average molecular weight is 440 g/mol. The first kappa shape index (κ1) is 29.5. The maximum atomic E-state index is 11.8. The molecule has 2 atom stereocenters. The number of aliphatic hydroxyl groups excluding tert-OH is 2. The maximum absolute atomic E-state index is 11.8. The van der Waals surface area contributed by atoms with Gasteiger partial charge < -0.3 is 43.4 Å². The predicted octanol–water partition coefficient (Wildman–Crippen LogP) is -2.13. The van der Waals surface area contributed by atoms with Crippen LogP contribution in [0.2, 0.25) is 0 Å². The van der Waals surface area contributed by atoms with Gasteiger partial charge in [0.2, 0.25) is 12.1 Å². The van der Waals surface area contributed by atoms with E-state index in [4.69, 9.17) is 17.2 Å². The van der Waals surface area contributed by atoms with Crippen LogP contribution in [0.15, 0.2) is 4.99 Å². The highest BCUT2D eigenvalue weighted by atomic mass is 35.5. The number of nitrogens with two attached hydrogens (primary N) is 3. The average Bonchev–Trinajstić information content (AvgIpc) is 2.62. The number of carbonyl (C=O) groups is 2. The zero-order chi connectivity index (χ0) is 21.2. The van der Waals surface area contributed by atoms with E-state index < -0.39 is 24.1 Å². The number of carbonyl (C=O) groups excluding carboxylic acids is 2. The molecule has 11 N–H and O–H groups in total. The van der Waals surface area contributed by atoms with Gasteiger partial charge in [0.05, 0.1) is 12.5 Å². The highest BCUT2D eigenvalue weighted by Crippen LogP contribution is 2.05. The van der Waals surface area contributed by atoms with Crippen molar-refractivity contribution in [3.05, 3.63) is 0 Å². The summed E-state index contributed by atoms with van der Waals surface area (Å²) in [4.78, 5) is 27.3. The van der Waals surface area contributed by atoms with Crippen LogP contribution >= 0.6 is 12.4 Å². The Morgan fingerprint density at radius 2 is 1.62 bits per heavy atom. The minimum Gasteiger partial charge on any atom is -0.393 e. The van der Waals surface area contributed by atoms with Gasteiger partial charge in [-0.1, -0.05) is 0 Å². The molecule has 0 heterocycles. The van der Waals surface area contributed by atoms with Crippen LogP contribution in [0.1, 0.15) is 44.9 Å². The summed E-state index contributed by atoms with van der Waals surface area (Å²) in [6, 6.07) is 0. The Hall–Kier alpha value is -1.66. The van der Waals surface area contributed by atoms with Crippen molar-refractivity contribution in [3.63, 3.8) is 0 Å². The minimum absolute atomic E-state index is 0. The van der Waals surface area contributed by atoms with Gasteiger partial charge in [0.1, 0.15) is 0 Å². The molecule has 0 aromatic rings. The largest absolute Gasteiger partial charge is 0.393 e. The van der Waals surface area contributed by atoms with Crippen molar-refractivity contribution in [3.8, 4) is 0 Å². The molecule has 0 fully saturated rings. The molecule has 11 nitrogen and oxygen atoms in total. The number of aliphatic hydroxyl groups is 2. The number of aliphatic imine (C=N–C) groups is 1. The standard InChI is InChI=1S/C17H37N7O4.ClH/c18-7-5-9-21-8-3-4-10-22-15(27)16(28)24-14(26)12-13(25)6-1-2-11-23-17(19)20;/h13,16,21,25,28H,1-12,18H2,(H,22,27)(H,24,26)(H4,19,20,23);1H/t13-,16-;/m0./s1. The van der Waals surface area contributed by atoms with Crippen LogP contribution in [-0.4, -0.2) is 73.0 Å². The van der Waals surface area contributed by atoms with E-state index in [1.165, 1.54) is 0 Å². The molecule has 0 saturated heterocycles. The molecule has 0 aliphatic heterocycles. The van der Waals surface area contributed by atoms with Crippen molar-refractivity contribution >= 4 is 30.2 Å². The molecular weight excluding hydrogens is 402 g/mol. The summed E-state index contributed by atoms with van der Waals surface area (Å²) < 4.78 is 0. The van der Waals surface area contributed by atoms with Crippen LogP contribution < -0.4 is 33.2 Å². The van der Waals surface area contributed by atoms with E-state index in [0.717, 1.165) is 32.4 Å². The Morgan fingerprint density at radius 1 is 0.966 bits per heavy atom. The van der Waals surface area contributed by atoms with Gasteiger partial charge >= 0.3 is 0 Å². The first-order valence-corrected chi connectivity index (χ1v) is 9.76. The van der Waals surface area contributed by atoms with Gasteiger partial charge in [-0.15, -0.1) is 12.4 Å². The van der Waals surface area contributed by atoms with E-state index in [1.54, 1.807) is 0 Å². The SMILES string of the molecule is Cl.NCCCNCCCCNC(=O)[C@H](O)NC(=O)C[C@@H](O)CCCCN=C(N)N. The van der Waals surface area contributed by atoms with Gasteiger partial charge in [0, 0.05) is 13.1 Å². The second-order valence-corrected chi connectivity index (χ2v) is 6.52. The van der Waals surface area contributed by atoms with Crippen LogP contribution in [0.5, 0.6) is 0 Å². The maximum Gasteiger partial charge on any atom is 0.269 e. The molecular formula is C17H38ClN7O4. The third-order valence-corrected chi connectivity index (χ3v) is 3.84. The van der Waals surface area contributed by atoms with E-state index in [9.17, 15) is 19.8 Å². The van der Waals surface area contributed by atoms with Crippen LogP contribution in [0.3, 0.4) is 0 Å². The molecule has 0 radical (unpaired) electrons. The quantitative estimate of drug-likeness (QED) is 0.0543.